The zero-order valence-corrected chi connectivity index (χ0v) is 22.6. The van der Waals surface area contributed by atoms with Crippen LogP contribution >= 0.6 is 0 Å². The second-order valence-corrected chi connectivity index (χ2v) is 8.68. The molecule has 2 unspecified atom stereocenters. The first-order chi connectivity index (χ1) is 19.3. The van der Waals surface area contributed by atoms with Crippen molar-refractivity contribution in [1.82, 2.24) is 0 Å². The summed E-state index contributed by atoms with van der Waals surface area (Å²) in [7, 11) is 0. The third-order valence-electron chi connectivity index (χ3n) is 5.44. The SMILES string of the molecule is CC(=O)OC(C)OC(=O)c1ccc(-c2ccc(-c3ccc(C(=O)OC(C)OC(C)=O)cc3C(=N)N)o2)c(C(=N)N)c1. The quantitative estimate of drug-likeness (QED) is 0.121. The average molecular weight is 565 g/mol. The van der Waals surface area contributed by atoms with Crippen LogP contribution in [0.2, 0.25) is 0 Å². The van der Waals surface area contributed by atoms with Gasteiger partial charge in [-0.2, -0.15) is 0 Å². The molecule has 1 aromatic heterocycles. The number of rotatable bonds is 10. The Labute approximate surface area is 234 Å². The molecule has 3 aromatic rings. The summed E-state index contributed by atoms with van der Waals surface area (Å²) in [5.41, 5.74) is 12.8. The van der Waals surface area contributed by atoms with E-state index in [2.05, 4.69) is 0 Å². The highest BCUT2D eigenvalue weighted by Gasteiger charge is 2.21. The summed E-state index contributed by atoms with van der Waals surface area (Å²) < 4.78 is 25.8. The summed E-state index contributed by atoms with van der Waals surface area (Å²) in [5, 5.41) is 16.0. The number of hydrogen-bond donors (Lipinski definition) is 4. The van der Waals surface area contributed by atoms with Crippen LogP contribution in [-0.2, 0) is 28.5 Å². The fourth-order valence-corrected chi connectivity index (χ4v) is 3.80. The lowest BCUT2D eigenvalue weighted by Gasteiger charge is -2.14. The highest BCUT2D eigenvalue weighted by atomic mass is 16.7. The molecule has 0 aliphatic carbocycles. The number of furan rings is 1. The minimum atomic E-state index is -1.12. The van der Waals surface area contributed by atoms with E-state index in [1.54, 1.807) is 12.1 Å². The van der Waals surface area contributed by atoms with Gasteiger partial charge in [0.25, 0.3) is 0 Å². The van der Waals surface area contributed by atoms with Crippen LogP contribution < -0.4 is 11.5 Å². The highest BCUT2D eigenvalue weighted by molar-refractivity contribution is 6.05. The minimum absolute atomic E-state index is 0.0640. The summed E-state index contributed by atoms with van der Waals surface area (Å²) in [4.78, 5) is 47.1. The normalized spacial score (nSPS) is 12.0. The van der Waals surface area contributed by atoms with E-state index in [4.69, 9.17) is 45.7 Å². The van der Waals surface area contributed by atoms with Crippen molar-refractivity contribution in [3.05, 3.63) is 70.8 Å². The van der Waals surface area contributed by atoms with Gasteiger partial charge in [-0.15, -0.1) is 0 Å². The van der Waals surface area contributed by atoms with E-state index < -0.39 is 36.5 Å². The molecule has 1 heterocycles. The van der Waals surface area contributed by atoms with Gasteiger partial charge in [0.2, 0.25) is 12.6 Å². The molecule has 0 saturated heterocycles. The lowest BCUT2D eigenvalue weighted by atomic mass is 10.0. The number of nitrogens with two attached hydrogens (primary N) is 2. The lowest BCUT2D eigenvalue weighted by Crippen LogP contribution is -2.21. The number of carbonyl (C=O) groups is 4. The second-order valence-electron chi connectivity index (χ2n) is 8.68. The van der Waals surface area contributed by atoms with Crippen molar-refractivity contribution >= 4 is 35.5 Å². The molecule has 0 aliphatic rings. The van der Waals surface area contributed by atoms with E-state index in [9.17, 15) is 19.2 Å². The number of carbonyl (C=O) groups excluding carboxylic acids is 4. The number of nitrogens with one attached hydrogen (secondary N) is 2. The van der Waals surface area contributed by atoms with Gasteiger partial charge in [-0.1, -0.05) is 0 Å². The van der Waals surface area contributed by atoms with Crippen molar-refractivity contribution in [2.24, 2.45) is 11.5 Å². The lowest BCUT2D eigenvalue weighted by molar-refractivity contribution is -0.164. The number of hydrogen-bond acceptors (Lipinski definition) is 11. The van der Waals surface area contributed by atoms with Gasteiger partial charge in [0.05, 0.1) is 11.1 Å². The second kappa shape index (κ2) is 12.6. The van der Waals surface area contributed by atoms with Crippen LogP contribution in [0.15, 0.2) is 52.9 Å². The van der Waals surface area contributed by atoms with Gasteiger partial charge in [-0.3, -0.25) is 20.4 Å². The van der Waals surface area contributed by atoms with Gasteiger partial charge in [0, 0.05) is 49.9 Å². The minimum Gasteiger partial charge on any atom is -0.456 e. The van der Waals surface area contributed by atoms with Gasteiger partial charge in [-0.25, -0.2) is 9.59 Å². The summed E-state index contributed by atoms with van der Waals surface area (Å²) in [6.45, 7) is 5.14. The predicted octanol–water partition coefficient (Wildman–Crippen LogP) is 3.31. The fourth-order valence-electron chi connectivity index (χ4n) is 3.80. The fraction of sp³-hybridized carbons (Fsp3) is 0.214. The van der Waals surface area contributed by atoms with E-state index in [0.717, 1.165) is 0 Å². The van der Waals surface area contributed by atoms with Crippen LogP contribution in [0, 0.1) is 10.8 Å². The van der Waals surface area contributed by atoms with Crippen molar-refractivity contribution < 1.29 is 42.5 Å². The maximum atomic E-state index is 12.5. The Kier molecular flexibility index (Phi) is 9.24. The Balaban J connectivity index is 1.92. The smallest absolute Gasteiger partial charge is 0.341 e. The van der Waals surface area contributed by atoms with Crippen molar-refractivity contribution in [3.8, 4) is 22.6 Å². The van der Waals surface area contributed by atoms with E-state index in [-0.39, 0.29) is 45.4 Å². The Hall–Kier alpha value is -5.46. The number of benzene rings is 2. The molecule has 0 spiro atoms. The molecule has 0 radical (unpaired) electrons. The zero-order chi connectivity index (χ0) is 30.4. The molecule has 3 rings (SSSR count). The zero-order valence-electron chi connectivity index (χ0n) is 22.6. The standard InChI is InChI=1S/C28H28N4O9/c1-13(33)37-15(3)39-27(35)17-5-7-19(21(11-17)25(29)30)23-9-10-24(41-23)20-8-6-18(12-22(20)26(31)32)28(36)40-16(4)38-14(2)34/h5-12,15-16H,1-4H3,(H3,29,30)(H3,31,32). The summed E-state index contributed by atoms with van der Waals surface area (Å²) in [6, 6.07) is 11.8. The summed E-state index contributed by atoms with van der Waals surface area (Å²) in [6.07, 6.45) is -2.23. The molecule has 214 valence electrons. The Morgan fingerprint density at radius 1 is 0.659 bits per heavy atom. The molecular weight excluding hydrogens is 536 g/mol. The first-order valence-electron chi connectivity index (χ1n) is 12.1. The maximum Gasteiger partial charge on any atom is 0.341 e. The van der Waals surface area contributed by atoms with Gasteiger partial charge < -0.3 is 34.8 Å². The Morgan fingerprint density at radius 3 is 1.34 bits per heavy atom. The van der Waals surface area contributed by atoms with Crippen molar-refractivity contribution in [2.75, 3.05) is 0 Å². The number of amidine groups is 2. The van der Waals surface area contributed by atoms with Crippen molar-refractivity contribution in [1.29, 1.82) is 10.8 Å². The molecular formula is C28H28N4O9. The maximum absolute atomic E-state index is 12.5. The Morgan fingerprint density at radius 2 is 1.02 bits per heavy atom. The average Bonchev–Trinajstić information content (AvgIpc) is 3.36. The van der Waals surface area contributed by atoms with Crippen LogP contribution in [0.5, 0.6) is 0 Å². The van der Waals surface area contributed by atoms with Crippen LogP contribution in [0.3, 0.4) is 0 Å². The molecule has 13 nitrogen and oxygen atoms in total. The predicted molar refractivity (Wildman–Crippen MR) is 145 cm³/mol. The molecule has 2 aromatic carbocycles. The summed E-state index contributed by atoms with van der Waals surface area (Å²) in [5.74, 6) is -2.95. The topological polar surface area (TPSA) is 218 Å². The largest absolute Gasteiger partial charge is 0.456 e. The van der Waals surface area contributed by atoms with Gasteiger partial charge in [0.15, 0.2) is 0 Å². The van der Waals surface area contributed by atoms with Crippen LogP contribution in [0.1, 0.15) is 59.5 Å². The van der Waals surface area contributed by atoms with E-state index in [1.807, 2.05) is 0 Å². The number of nitrogen functional groups attached to an aromatic ring is 2. The highest BCUT2D eigenvalue weighted by Crippen LogP contribution is 2.33. The molecule has 2 atom stereocenters. The van der Waals surface area contributed by atoms with Gasteiger partial charge in [0.1, 0.15) is 23.2 Å². The van der Waals surface area contributed by atoms with Gasteiger partial charge in [-0.05, 0) is 48.5 Å². The van der Waals surface area contributed by atoms with Crippen LogP contribution in [0.25, 0.3) is 22.6 Å². The molecule has 0 saturated carbocycles. The van der Waals surface area contributed by atoms with E-state index in [1.165, 1.54) is 64.1 Å². The van der Waals surface area contributed by atoms with E-state index in [0.29, 0.717) is 11.1 Å². The third-order valence-corrected chi connectivity index (χ3v) is 5.44. The van der Waals surface area contributed by atoms with Gasteiger partial charge >= 0.3 is 23.9 Å². The first kappa shape index (κ1) is 30.1. The number of ether oxygens (including phenoxy) is 4. The monoisotopic (exact) mass is 564 g/mol. The van der Waals surface area contributed by atoms with Crippen LogP contribution in [-0.4, -0.2) is 48.1 Å². The molecule has 0 fully saturated rings. The molecule has 6 N–H and O–H groups in total. The third kappa shape index (κ3) is 7.56. The number of esters is 4. The Bertz CT molecular complexity index is 1430. The van der Waals surface area contributed by atoms with E-state index >= 15 is 0 Å². The summed E-state index contributed by atoms with van der Waals surface area (Å²) >= 11 is 0. The molecule has 0 bridgehead atoms. The molecule has 13 heteroatoms. The van der Waals surface area contributed by atoms with Crippen molar-refractivity contribution in [3.63, 3.8) is 0 Å². The van der Waals surface area contributed by atoms with Crippen molar-refractivity contribution in [2.45, 2.75) is 40.3 Å². The van der Waals surface area contributed by atoms with Crippen LogP contribution in [0.4, 0.5) is 0 Å². The molecule has 0 aliphatic heterocycles. The first-order valence-corrected chi connectivity index (χ1v) is 12.1. The molecule has 41 heavy (non-hydrogen) atoms. The molecule has 0 amide bonds.